The zero-order chi connectivity index (χ0) is 23.4. The van der Waals surface area contributed by atoms with Crippen LogP contribution in [0.15, 0.2) is 42.7 Å². The van der Waals surface area contributed by atoms with Gasteiger partial charge in [0.15, 0.2) is 0 Å². The van der Waals surface area contributed by atoms with Crippen LogP contribution in [0.3, 0.4) is 0 Å². The summed E-state index contributed by atoms with van der Waals surface area (Å²) < 4.78 is 14.4. The van der Waals surface area contributed by atoms with Crippen molar-refractivity contribution in [2.45, 2.75) is 51.0 Å². The number of aromatic nitrogens is 4. The van der Waals surface area contributed by atoms with Gasteiger partial charge in [0.1, 0.15) is 11.5 Å². The van der Waals surface area contributed by atoms with Gasteiger partial charge in [-0.15, -0.1) is 0 Å². The first kappa shape index (κ1) is 21.6. The average molecular weight is 448 g/mol. The lowest BCUT2D eigenvalue weighted by Gasteiger charge is -2.37. The topological polar surface area (TPSA) is 101 Å². The van der Waals surface area contributed by atoms with Crippen LogP contribution in [-0.4, -0.2) is 43.8 Å². The Morgan fingerprint density at radius 1 is 1.27 bits per heavy atom. The summed E-state index contributed by atoms with van der Waals surface area (Å²) >= 11 is 0. The molecule has 2 heterocycles. The Labute approximate surface area is 191 Å². The van der Waals surface area contributed by atoms with Crippen molar-refractivity contribution in [3.8, 4) is 11.3 Å². The minimum absolute atomic E-state index is 0.135. The molecule has 0 aliphatic heterocycles. The number of nitrogens with one attached hydrogen (secondary N) is 1. The Morgan fingerprint density at radius 3 is 2.82 bits per heavy atom. The first-order valence-electron chi connectivity index (χ1n) is 11.2. The molecule has 3 atom stereocenters. The van der Waals surface area contributed by atoms with Crippen LogP contribution >= 0.6 is 0 Å². The van der Waals surface area contributed by atoms with E-state index in [1.54, 1.807) is 31.3 Å². The minimum Gasteiger partial charge on any atom is -0.392 e. The number of aliphatic hydroxyl groups excluding tert-OH is 1. The predicted octanol–water partition coefficient (Wildman–Crippen LogP) is 3.39. The number of fused-ring (bicyclic) bond motifs is 5. The molecule has 170 valence electrons. The van der Waals surface area contributed by atoms with E-state index < -0.39 is 11.5 Å². The molecular weight excluding hydrogens is 421 g/mol. The summed E-state index contributed by atoms with van der Waals surface area (Å²) in [5, 5.41) is 21.2. The molecule has 8 heteroatoms. The second-order valence-electron chi connectivity index (χ2n) is 9.58. The highest BCUT2D eigenvalue weighted by atomic mass is 19.1. The molecule has 1 unspecified atom stereocenters. The van der Waals surface area contributed by atoms with E-state index in [-0.39, 0.29) is 35.3 Å². The molecular formula is C25H26FN5O2. The number of carbonyl (C=O) groups excluding carboxylic acids is 1. The third-order valence-corrected chi connectivity index (χ3v) is 7.39. The van der Waals surface area contributed by atoms with Crippen molar-refractivity contribution in [1.29, 1.82) is 0 Å². The number of hydrogen-bond donors (Lipinski definition) is 2. The maximum absolute atomic E-state index is 14.4. The summed E-state index contributed by atoms with van der Waals surface area (Å²) in [6.07, 6.45) is 4.23. The summed E-state index contributed by atoms with van der Waals surface area (Å²) in [6, 6.07) is 8.53. The quantitative estimate of drug-likeness (QED) is 0.622. The molecule has 1 saturated carbocycles. The van der Waals surface area contributed by atoms with Crippen LogP contribution < -0.4 is 5.32 Å². The molecule has 2 aliphatic rings. The Bertz CT molecular complexity index is 1240. The van der Waals surface area contributed by atoms with Crippen molar-refractivity contribution in [2.75, 3.05) is 6.54 Å². The Hall–Kier alpha value is -3.26. The molecule has 2 N–H and O–H groups in total. The number of amides is 1. The number of aliphatic hydroxyl groups is 1. The third kappa shape index (κ3) is 3.15. The summed E-state index contributed by atoms with van der Waals surface area (Å²) in [4.78, 5) is 21.6. The summed E-state index contributed by atoms with van der Waals surface area (Å²) in [7, 11) is 0. The summed E-state index contributed by atoms with van der Waals surface area (Å²) in [6.45, 7) is 6.12. The van der Waals surface area contributed by atoms with Gasteiger partial charge in [0.05, 0.1) is 34.8 Å². The molecule has 5 rings (SSSR count). The van der Waals surface area contributed by atoms with Gasteiger partial charge in [-0.05, 0) is 54.9 Å². The van der Waals surface area contributed by atoms with Crippen LogP contribution in [0.5, 0.6) is 0 Å². The summed E-state index contributed by atoms with van der Waals surface area (Å²) in [5.41, 5.74) is 2.95. The van der Waals surface area contributed by atoms with Gasteiger partial charge in [-0.25, -0.2) is 9.37 Å². The van der Waals surface area contributed by atoms with Crippen LogP contribution in [0.1, 0.15) is 67.0 Å². The molecule has 3 aromatic rings. The van der Waals surface area contributed by atoms with Gasteiger partial charge in [0.2, 0.25) is 0 Å². The first-order chi connectivity index (χ1) is 15.8. The molecule has 1 fully saturated rings. The van der Waals surface area contributed by atoms with Gasteiger partial charge in [-0.3, -0.25) is 9.78 Å². The Kier molecular flexibility index (Phi) is 5.01. The fourth-order valence-corrected chi connectivity index (χ4v) is 5.70. The van der Waals surface area contributed by atoms with E-state index in [9.17, 15) is 14.3 Å². The molecule has 2 aromatic heterocycles. The van der Waals surface area contributed by atoms with Crippen molar-refractivity contribution < 1.29 is 14.3 Å². The number of hydrogen-bond acceptors (Lipinski definition) is 6. The van der Waals surface area contributed by atoms with Gasteiger partial charge in [-0.2, -0.15) is 10.2 Å². The maximum Gasteiger partial charge on any atom is 0.271 e. The Balaban J connectivity index is 1.59. The van der Waals surface area contributed by atoms with Crippen molar-refractivity contribution in [3.05, 3.63) is 71.2 Å². The number of halogens is 1. The molecule has 2 bridgehead atoms. The van der Waals surface area contributed by atoms with Crippen molar-refractivity contribution >= 4 is 5.91 Å². The van der Waals surface area contributed by atoms with Crippen LogP contribution in [0, 0.1) is 11.2 Å². The highest BCUT2D eigenvalue weighted by Gasteiger charge is 2.65. The fourth-order valence-electron chi connectivity index (χ4n) is 5.70. The van der Waals surface area contributed by atoms with Gasteiger partial charge < -0.3 is 10.4 Å². The molecule has 1 amide bonds. The zero-order valence-corrected chi connectivity index (χ0v) is 18.8. The lowest BCUT2D eigenvalue weighted by atomic mass is 9.66. The Morgan fingerprint density at radius 2 is 2.06 bits per heavy atom. The van der Waals surface area contributed by atoms with Gasteiger partial charge in [0.25, 0.3) is 5.91 Å². The SMILES string of the molecule is C[C@H](O)CNC(=O)c1cncc([C@@]23CCC(c4cc(-c5ccccc5F)nnc42)C3(C)C)n1. The number of carbonyl (C=O) groups is 1. The van der Waals surface area contributed by atoms with Gasteiger partial charge in [-0.1, -0.05) is 26.0 Å². The maximum atomic E-state index is 14.4. The lowest BCUT2D eigenvalue weighted by molar-refractivity contribution is 0.0917. The average Bonchev–Trinajstić information content (AvgIpc) is 3.19. The van der Waals surface area contributed by atoms with Crippen LogP contribution in [0.4, 0.5) is 4.39 Å². The lowest BCUT2D eigenvalue weighted by Crippen LogP contribution is -2.39. The molecule has 0 radical (unpaired) electrons. The largest absolute Gasteiger partial charge is 0.392 e. The van der Waals surface area contributed by atoms with Crippen molar-refractivity contribution in [3.63, 3.8) is 0 Å². The first-order valence-corrected chi connectivity index (χ1v) is 11.2. The van der Waals surface area contributed by atoms with Gasteiger partial charge in [0, 0.05) is 18.3 Å². The molecule has 2 aliphatic carbocycles. The van der Waals surface area contributed by atoms with Gasteiger partial charge >= 0.3 is 0 Å². The normalized spacial score (nSPS) is 23.2. The number of rotatable bonds is 5. The highest BCUT2D eigenvalue weighted by Crippen LogP contribution is 2.69. The fraction of sp³-hybridized carbons (Fsp3) is 0.400. The van der Waals surface area contributed by atoms with E-state index >= 15 is 0 Å². The molecule has 7 nitrogen and oxygen atoms in total. The van der Waals surface area contributed by atoms with E-state index in [0.29, 0.717) is 17.0 Å². The smallest absolute Gasteiger partial charge is 0.271 e. The highest BCUT2D eigenvalue weighted by molar-refractivity contribution is 5.92. The van der Waals surface area contributed by atoms with Crippen LogP contribution in [-0.2, 0) is 5.41 Å². The van der Waals surface area contributed by atoms with Crippen molar-refractivity contribution in [2.24, 2.45) is 5.41 Å². The van der Waals surface area contributed by atoms with E-state index in [1.165, 1.54) is 12.3 Å². The third-order valence-electron chi connectivity index (χ3n) is 7.39. The molecule has 33 heavy (non-hydrogen) atoms. The minimum atomic E-state index is -0.654. The molecule has 0 spiro atoms. The molecule has 0 saturated heterocycles. The predicted molar refractivity (Wildman–Crippen MR) is 120 cm³/mol. The zero-order valence-electron chi connectivity index (χ0n) is 18.8. The number of nitrogens with zero attached hydrogens (tertiary/aromatic N) is 4. The van der Waals surface area contributed by atoms with E-state index in [4.69, 9.17) is 4.98 Å². The van der Waals surface area contributed by atoms with Crippen molar-refractivity contribution in [1.82, 2.24) is 25.5 Å². The second-order valence-corrected chi connectivity index (χ2v) is 9.58. The van der Waals surface area contributed by atoms with E-state index in [1.807, 2.05) is 6.07 Å². The number of benzene rings is 1. The molecule has 1 aromatic carbocycles. The van der Waals surface area contributed by atoms with Crippen LogP contribution in [0.2, 0.25) is 0 Å². The monoisotopic (exact) mass is 447 g/mol. The summed E-state index contributed by atoms with van der Waals surface area (Å²) in [5.74, 6) is -0.498. The van der Waals surface area contributed by atoms with E-state index in [0.717, 1.165) is 24.1 Å². The standard InChI is InChI=1S/C25H26FN5O2/c1-14(32)11-28-23(33)20-12-27-13-21(29-20)25-9-8-17(24(25,2)3)16-10-19(30-31-22(16)25)15-6-4-5-7-18(15)26/h4-7,10,12-14,17,32H,8-9,11H2,1-3H3,(H,28,33)/t14-,17?,25-/m0/s1. The van der Waals surface area contributed by atoms with Crippen LogP contribution in [0.25, 0.3) is 11.3 Å². The van der Waals surface area contributed by atoms with E-state index in [2.05, 4.69) is 34.3 Å². The second kappa shape index (κ2) is 7.66.